The second-order valence-corrected chi connectivity index (χ2v) is 5.68. The van der Waals surface area contributed by atoms with E-state index in [2.05, 4.69) is 20.8 Å². The Bertz CT molecular complexity index is 628. The van der Waals surface area contributed by atoms with Crippen molar-refractivity contribution in [2.45, 2.75) is 26.3 Å². The van der Waals surface area contributed by atoms with Gasteiger partial charge in [0.15, 0.2) is 5.69 Å². The Kier molecular flexibility index (Phi) is 5.72. The summed E-state index contributed by atoms with van der Waals surface area (Å²) >= 11 is 5.92. The maximum atomic E-state index is 12.0. The van der Waals surface area contributed by atoms with Crippen molar-refractivity contribution in [2.75, 3.05) is 11.9 Å². The number of hydrogen-bond donors (Lipinski definition) is 2. The van der Waals surface area contributed by atoms with E-state index in [1.54, 1.807) is 12.1 Å². The van der Waals surface area contributed by atoms with Crippen LogP contribution in [-0.2, 0) is 6.42 Å². The van der Waals surface area contributed by atoms with Crippen LogP contribution in [-0.4, -0.2) is 28.7 Å². The van der Waals surface area contributed by atoms with Crippen molar-refractivity contribution in [1.29, 1.82) is 0 Å². The average molecular weight is 319 g/mol. The van der Waals surface area contributed by atoms with Gasteiger partial charge in [0.1, 0.15) is 5.82 Å². The fraction of sp³-hybridized carbons (Fsp3) is 0.312. The molecule has 0 unspecified atom stereocenters. The molecule has 0 spiro atoms. The molecule has 2 aromatic rings. The highest BCUT2D eigenvalue weighted by Gasteiger charge is 2.08. The van der Waals surface area contributed by atoms with Crippen molar-refractivity contribution in [3.8, 4) is 0 Å². The first-order valence-corrected chi connectivity index (χ1v) is 7.55. The zero-order valence-electron chi connectivity index (χ0n) is 12.6. The molecule has 0 bridgehead atoms. The van der Waals surface area contributed by atoms with Gasteiger partial charge in [-0.1, -0.05) is 23.7 Å². The van der Waals surface area contributed by atoms with Gasteiger partial charge in [-0.25, -0.2) is 0 Å². The molecule has 0 saturated carbocycles. The van der Waals surface area contributed by atoms with E-state index in [-0.39, 0.29) is 11.9 Å². The van der Waals surface area contributed by atoms with E-state index in [9.17, 15) is 4.79 Å². The molecule has 0 aliphatic heterocycles. The normalized spacial score (nSPS) is 10.5. The highest BCUT2D eigenvalue weighted by Crippen LogP contribution is 2.10. The third kappa shape index (κ3) is 5.00. The molecule has 2 rings (SSSR count). The molecule has 22 heavy (non-hydrogen) atoms. The van der Waals surface area contributed by atoms with Crippen LogP contribution in [0.3, 0.4) is 0 Å². The van der Waals surface area contributed by atoms with Crippen LogP contribution in [0.5, 0.6) is 0 Å². The van der Waals surface area contributed by atoms with Crippen molar-refractivity contribution < 1.29 is 4.79 Å². The van der Waals surface area contributed by atoms with Crippen molar-refractivity contribution >= 4 is 23.3 Å². The third-order valence-corrected chi connectivity index (χ3v) is 3.16. The second kappa shape index (κ2) is 7.75. The highest BCUT2D eigenvalue weighted by molar-refractivity contribution is 6.30. The number of rotatable bonds is 6. The SMILES string of the molecule is CC(C)Nc1ccc(C(=O)NCCc2cccc(Cl)c2)nn1. The summed E-state index contributed by atoms with van der Waals surface area (Å²) in [5, 5.41) is 14.5. The molecule has 116 valence electrons. The van der Waals surface area contributed by atoms with Gasteiger partial charge in [-0.3, -0.25) is 4.79 Å². The molecule has 0 radical (unpaired) electrons. The summed E-state index contributed by atoms with van der Waals surface area (Å²) in [5.41, 5.74) is 1.38. The monoisotopic (exact) mass is 318 g/mol. The predicted molar refractivity (Wildman–Crippen MR) is 88.3 cm³/mol. The zero-order valence-corrected chi connectivity index (χ0v) is 13.4. The summed E-state index contributed by atoms with van der Waals surface area (Å²) < 4.78 is 0. The number of anilines is 1. The fourth-order valence-corrected chi connectivity index (χ4v) is 2.14. The van der Waals surface area contributed by atoms with Crippen molar-refractivity contribution in [1.82, 2.24) is 15.5 Å². The third-order valence-electron chi connectivity index (χ3n) is 2.92. The molecule has 1 aromatic carbocycles. The molecule has 2 N–H and O–H groups in total. The summed E-state index contributed by atoms with van der Waals surface area (Å²) in [7, 11) is 0. The van der Waals surface area contributed by atoms with Crippen LogP contribution in [0.4, 0.5) is 5.82 Å². The first-order chi connectivity index (χ1) is 10.5. The van der Waals surface area contributed by atoms with Gasteiger partial charge in [0.25, 0.3) is 5.91 Å². The van der Waals surface area contributed by atoms with Crippen LogP contribution >= 0.6 is 11.6 Å². The van der Waals surface area contributed by atoms with Gasteiger partial charge in [-0.05, 0) is 50.1 Å². The lowest BCUT2D eigenvalue weighted by atomic mass is 10.1. The van der Waals surface area contributed by atoms with Crippen molar-refractivity contribution in [3.05, 3.63) is 52.7 Å². The van der Waals surface area contributed by atoms with Gasteiger partial charge in [-0.2, -0.15) is 0 Å². The smallest absolute Gasteiger partial charge is 0.271 e. The molecule has 0 fully saturated rings. The molecule has 1 heterocycles. The lowest BCUT2D eigenvalue weighted by Crippen LogP contribution is -2.27. The van der Waals surface area contributed by atoms with Crippen molar-refractivity contribution in [2.24, 2.45) is 0 Å². The molecule has 0 atom stereocenters. The van der Waals surface area contributed by atoms with Gasteiger partial charge >= 0.3 is 0 Å². The number of benzene rings is 1. The molecular formula is C16H19ClN4O. The molecule has 5 nitrogen and oxygen atoms in total. The number of carbonyl (C=O) groups is 1. The van der Waals surface area contributed by atoms with Crippen molar-refractivity contribution in [3.63, 3.8) is 0 Å². The first kappa shape index (κ1) is 16.2. The highest BCUT2D eigenvalue weighted by atomic mass is 35.5. The van der Waals surface area contributed by atoms with E-state index >= 15 is 0 Å². The van der Waals surface area contributed by atoms with Crippen LogP contribution in [0.2, 0.25) is 5.02 Å². The van der Waals surface area contributed by atoms with Crippen LogP contribution in [0.1, 0.15) is 29.9 Å². The van der Waals surface area contributed by atoms with Crippen LogP contribution in [0.15, 0.2) is 36.4 Å². The summed E-state index contributed by atoms with van der Waals surface area (Å²) in [6.07, 6.45) is 0.715. The minimum atomic E-state index is -0.231. The molecule has 1 amide bonds. The van der Waals surface area contributed by atoms with Crippen LogP contribution in [0.25, 0.3) is 0 Å². The maximum absolute atomic E-state index is 12.0. The zero-order chi connectivity index (χ0) is 15.9. The number of carbonyl (C=O) groups excluding carboxylic acids is 1. The lowest BCUT2D eigenvalue weighted by Gasteiger charge is -2.08. The number of halogens is 1. The maximum Gasteiger partial charge on any atom is 0.271 e. The van der Waals surface area contributed by atoms with E-state index in [0.29, 0.717) is 29.5 Å². The Hall–Kier alpha value is -2.14. The minimum absolute atomic E-state index is 0.231. The fourth-order valence-electron chi connectivity index (χ4n) is 1.93. The number of nitrogens with zero attached hydrogens (tertiary/aromatic N) is 2. The minimum Gasteiger partial charge on any atom is -0.366 e. The number of aromatic nitrogens is 2. The number of hydrogen-bond acceptors (Lipinski definition) is 4. The first-order valence-electron chi connectivity index (χ1n) is 7.17. The number of amides is 1. The predicted octanol–water partition coefficient (Wildman–Crippen LogP) is 2.92. The van der Waals surface area contributed by atoms with Gasteiger partial charge < -0.3 is 10.6 Å². The Morgan fingerprint density at radius 3 is 2.68 bits per heavy atom. The summed E-state index contributed by atoms with van der Waals surface area (Å²) in [4.78, 5) is 12.0. The van der Waals surface area contributed by atoms with Crippen LogP contribution in [0, 0.1) is 0 Å². The van der Waals surface area contributed by atoms with E-state index in [4.69, 9.17) is 11.6 Å². The molecule has 0 aliphatic rings. The molecule has 1 aromatic heterocycles. The van der Waals surface area contributed by atoms with Crippen LogP contribution < -0.4 is 10.6 Å². The topological polar surface area (TPSA) is 66.9 Å². The summed E-state index contributed by atoms with van der Waals surface area (Å²) in [6, 6.07) is 11.3. The summed E-state index contributed by atoms with van der Waals surface area (Å²) in [6.45, 7) is 4.54. The van der Waals surface area contributed by atoms with E-state index in [1.807, 2.05) is 38.1 Å². The van der Waals surface area contributed by atoms with Gasteiger partial charge in [0.2, 0.25) is 0 Å². The molecule has 6 heteroatoms. The van der Waals surface area contributed by atoms with E-state index in [1.165, 1.54) is 0 Å². The largest absolute Gasteiger partial charge is 0.366 e. The standard InChI is InChI=1S/C16H19ClN4O/c1-11(2)19-15-7-6-14(20-21-15)16(22)18-9-8-12-4-3-5-13(17)10-12/h3-7,10-11H,8-9H2,1-2H3,(H,18,22)(H,19,21). The van der Waals surface area contributed by atoms with Gasteiger partial charge in [0, 0.05) is 17.6 Å². The summed E-state index contributed by atoms with van der Waals surface area (Å²) in [5.74, 6) is 0.427. The second-order valence-electron chi connectivity index (χ2n) is 5.24. The quantitative estimate of drug-likeness (QED) is 0.859. The molecular weight excluding hydrogens is 300 g/mol. The average Bonchev–Trinajstić information content (AvgIpc) is 2.47. The van der Waals surface area contributed by atoms with E-state index in [0.717, 1.165) is 5.56 Å². The number of nitrogens with one attached hydrogen (secondary N) is 2. The Morgan fingerprint density at radius 2 is 2.05 bits per heavy atom. The Balaban J connectivity index is 1.84. The lowest BCUT2D eigenvalue weighted by molar-refractivity contribution is 0.0948. The van der Waals surface area contributed by atoms with E-state index < -0.39 is 0 Å². The Labute approximate surface area is 135 Å². The molecule has 0 saturated heterocycles. The molecule has 0 aliphatic carbocycles. The Morgan fingerprint density at radius 1 is 1.23 bits per heavy atom. The van der Waals surface area contributed by atoms with Gasteiger partial charge in [0.05, 0.1) is 0 Å². The van der Waals surface area contributed by atoms with Gasteiger partial charge in [-0.15, -0.1) is 10.2 Å².